The van der Waals surface area contributed by atoms with E-state index in [9.17, 15) is 13.2 Å². The highest BCUT2D eigenvalue weighted by molar-refractivity contribution is 5.09. The average molecular weight is 263 g/mol. The van der Waals surface area contributed by atoms with Crippen molar-refractivity contribution in [3.8, 4) is 0 Å². The normalized spacial score (nSPS) is 18.2. The summed E-state index contributed by atoms with van der Waals surface area (Å²) in [6.45, 7) is 5.92. The number of hydrogen-bond acceptors (Lipinski definition) is 4. The Morgan fingerprint density at radius 3 is 2.56 bits per heavy atom. The van der Waals surface area contributed by atoms with Gasteiger partial charge in [0.05, 0.1) is 5.69 Å². The second kappa shape index (κ2) is 5.27. The molecule has 0 spiro atoms. The maximum absolute atomic E-state index is 12.4. The van der Waals surface area contributed by atoms with Gasteiger partial charge in [-0.05, 0) is 6.92 Å². The molecule has 4 nitrogen and oxygen atoms in total. The highest BCUT2D eigenvalue weighted by Crippen LogP contribution is 2.30. The van der Waals surface area contributed by atoms with Gasteiger partial charge in [-0.1, -0.05) is 0 Å². The molecule has 1 aliphatic heterocycles. The first-order chi connectivity index (χ1) is 8.47. The largest absolute Gasteiger partial charge is 0.468 e. The summed E-state index contributed by atoms with van der Waals surface area (Å²) in [5, 5.41) is 3.22. The molecule has 1 fully saturated rings. The molecule has 18 heavy (non-hydrogen) atoms. The molecule has 7 heteroatoms. The molecule has 0 radical (unpaired) electrons. The number of nitrogens with zero attached hydrogens (tertiary/aromatic N) is 2. The number of halogens is 3. The minimum Gasteiger partial charge on any atom is -0.438 e. The molecule has 1 saturated heterocycles. The number of hydrogen-bond donors (Lipinski definition) is 1. The van der Waals surface area contributed by atoms with Crippen molar-refractivity contribution in [2.75, 3.05) is 32.7 Å². The Morgan fingerprint density at radius 1 is 1.33 bits per heavy atom. The van der Waals surface area contributed by atoms with Crippen molar-refractivity contribution in [1.82, 2.24) is 15.2 Å². The van der Waals surface area contributed by atoms with Gasteiger partial charge in [-0.25, -0.2) is 4.98 Å². The lowest BCUT2D eigenvalue weighted by atomic mass is 10.2. The number of nitrogens with one attached hydrogen (secondary N) is 1. The zero-order chi connectivity index (χ0) is 13.2. The molecule has 1 aliphatic rings. The number of piperazine rings is 1. The van der Waals surface area contributed by atoms with Crippen LogP contribution >= 0.6 is 0 Å². The summed E-state index contributed by atoms with van der Waals surface area (Å²) >= 11 is 0. The van der Waals surface area contributed by atoms with Gasteiger partial charge in [0.25, 0.3) is 0 Å². The Bertz CT molecular complexity index is 397. The van der Waals surface area contributed by atoms with Gasteiger partial charge < -0.3 is 14.6 Å². The van der Waals surface area contributed by atoms with Crippen LogP contribution in [0.15, 0.2) is 4.42 Å². The number of rotatable bonds is 3. The molecule has 102 valence electrons. The SMILES string of the molecule is Cc1nc(C(F)(F)F)oc1CCN1CCNCC1. The van der Waals surface area contributed by atoms with Crippen LogP contribution in [-0.4, -0.2) is 42.6 Å². The predicted octanol–water partition coefficient (Wildman–Crippen LogP) is 1.45. The summed E-state index contributed by atoms with van der Waals surface area (Å²) < 4.78 is 42.0. The number of oxazole rings is 1. The summed E-state index contributed by atoms with van der Waals surface area (Å²) in [5.41, 5.74) is 0.331. The first-order valence-corrected chi connectivity index (χ1v) is 5.93. The van der Waals surface area contributed by atoms with E-state index in [0.717, 1.165) is 26.2 Å². The van der Waals surface area contributed by atoms with Crippen LogP contribution in [0.3, 0.4) is 0 Å². The van der Waals surface area contributed by atoms with Crippen molar-refractivity contribution in [3.63, 3.8) is 0 Å². The number of alkyl halides is 3. The molecule has 0 aromatic carbocycles. The molecule has 1 N–H and O–H groups in total. The van der Waals surface area contributed by atoms with Crippen LogP contribution in [0.2, 0.25) is 0 Å². The first kappa shape index (κ1) is 13.4. The van der Waals surface area contributed by atoms with Crippen molar-refractivity contribution in [1.29, 1.82) is 0 Å². The molecule has 1 aromatic rings. The quantitative estimate of drug-likeness (QED) is 0.896. The molecule has 2 heterocycles. The van der Waals surface area contributed by atoms with E-state index in [1.165, 1.54) is 0 Å². The zero-order valence-corrected chi connectivity index (χ0v) is 10.2. The summed E-state index contributed by atoms with van der Waals surface area (Å²) in [5.74, 6) is -0.809. The van der Waals surface area contributed by atoms with Gasteiger partial charge in [-0.3, -0.25) is 0 Å². The van der Waals surface area contributed by atoms with Crippen LogP contribution < -0.4 is 5.32 Å². The highest BCUT2D eigenvalue weighted by Gasteiger charge is 2.38. The number of aromatic nitrogens is 1. The maximum atomic E-state index is 12.4. The van der Waals surface area contributed by atoms with Gasteiger partial charge in [0, 0.05) is 39.1 Å². The van der Waals surface area contributed by atoms with E-state index in [1.807, 2.05) is 0 Å². The second-order valence-corrected chi connectivity index (χ2v) is 4.37. The average Bonchev–Trinajstić information content (AvgIpc) is 2.69. The van der Waals surface area contributed by atoms with Crippen LogP contribution in [0.4, 0.5) is 13.2 Å². The summed E-state index contributed by atoms with van der Waals surface area (Å²) in [6.07, 6.45) is -4.03. The molecular formula is C11H16F3N3O. The Morgan fingerprint density at radius 2 is 2.00 bits per heavy atom. The van der Waals surface area contributed by atoms with E-state index in [-0.39, 0.29) is 0 Å². The van der Waals surface area contributed by atoms with E-state index in [0.29, 0.717) is 24.4 Å². The van der Waals surface area contributed by atoms with Crippen molar-refractivity contribution < 1.29 is 17.6 Å². The standard InChI is InChI=1S/C11H16F3N3O/c1-8-9(18-10(16-8)11(12,13)14)2-5-17-6-3-15-4-7-17/h15H,2-7H2,1H3. The van der Waals surface area contributed by atoms with Crippen LogP contribution in [-0.2, 0) is 12.6 Å². The van der Waals surface area contributed by atoms with Gasteiger partial charge in [0.2, 0.25) is 0 Å². The van der Waals surface area contributed by atoms with Crippen molar-refractivity contribution >= 4 is 0 Å². The minimum atomic E-state index is -4.50. The van der Waals surface area contributed by atoms with Crippen LogP contribution in [0.5, 0.6) is 0 Å². The fourth-order valence-corrected chi connectivity index (χ4v) is 1.98. The van der Waals surface area contributed by atoms with Crippen LogP contribution in [0.1, 0.15) is 17.3 Å². The van der Waals surface area contributed by atoms with Gasteiger partial charge in [0.15, 0.2) is 0 Å². The maximum Gasteiger partial charge on any atom is 0.468 e. The predicted molar refractivity (Wildman–Crippen MR) is 59.3 cm³/mol. The van der Waals surface area contributed by atoms with Gasteiger partial charge in [-0.15, -0.1) is 0 Å². The van der Waals surface area contributed by atoms with Gasteiger partial charge >= 0.3 is 12.1 Å². The van der Waals surface area contributed by atoms with E-state index in [2.05, 4.69) is 15.2 Å². The zero-order valence-electron chi connectivity index (χ0n) is 10.2. The molecule has 0 saturated carbocycles. The second-order valence-electron chi connectivity index (χ2n) is 4.37. The van der Waals surface area contributed by atoms with E-state index in [4.69, 9.17) is 4.42 Å². The fourth-order valence-electron chi connectivity index (χ4n) is 1.98. The third-order valence-electron chi connectivity index (χ3n) is 3.00. The molecule has 1 aromatic heterocycles. The fraction of sp³-hybridized carbons (Fsp3) is 0.727. The van der Waals surface area contributed by atoms with E-state index < -0.39 is 12.1 Å². The van der Waals surface area contributed by atoms with Gasteiger partial charge in [0.1, 0.15) is 5.76 Å². The van der Waals surface area contributed by atoms with E-state index >= 15 is 0 Å². The lowest BCUT2D eigenvalue weighted by Gasteiger charge is -2.26. The monoisotopic (exact) mass is 263 g/mol. The first-order valence-electron chi connectivity index (χ1n) is 5.93. The molecule has 0 amide bonds. The molecule has 0 bridgehead atoms. The summed E-state index contributed by atoms with van der Waals surface area (Å²) in [4.78, 5) is 5.62. The summed E-state index contributed by atoms with van der Waals surface area (Å²) in [7, 11) is 0. The van der Waals surface area contributed by atoms with Gasteiger partial charge in [-0.2, -0.15) is 13.2 Å². The molecule has 0 unspecified atom stereocenters. The topological polar surface area (TPSA) is 41.3 Å². The smallest absolute Gasteiger partial charge is 0.438 e. The third kappa shape index (κ3) is 3.23. The lowest BCUT2D eigenvalue weighted by Crippen LogP contribution is -2.44. The van der Waals surface area contributed by atoms with E-state index in [1.54, 1.807) is 6.92 Å². The van der Waals surface area contributed by atoms with Crippen LogP contribution in [0.25, 0.3) is 0 Å². The Balaban J connectivity index is 1.94. The lowest BCUT2D eigenvalue weighted by molar-refractivity contribution is -0.157. The van der Waals surface area contributed by atoms with Crippen LogP contribution in [0, 0.1) is 6.92 Å². The molecular weight excluding hydrogens is 247 g/mol. The Labute approximate surface area is 103 Å². The molecule has 0 aliphatic carbocycles. The minimum absolute atomic E-state index is 0.331. The Kier molecular flexibility index (Phi) is 3.91. The van der Waals surface area contributed by atoms with Crippen molar-refractivity contribution in [3.05, 3.63) is 17.3 Å². The number of aryl methyl sites for hydroxylation is 1. The Hall–Kier alpha value is -1.08. The molecule has 0 atom stereocenters. The third-order valence-corrected chi connectivity index (χ3v) is 3.00. The summed E-state index contributed by atoms with van der Waals surface area (Å²) in [6, 6.07) is 0. The highest BCUT2D eigenvalue weighted by atomic mass is 19.4. The molecule has 2 rings (SSSR count). The van der Waals surface area contributed by atoms with Crippen molar-refractivity contribution in [2.24, 2.45) is 0 Å². The van der Waals surface area contributed by atoms with Crippen molar-refractivity contribution in [2.45, 2.75) is 19.5 Å².